The van der Waals surface area contributed by atoms with E-state index in [9.17, 15) is 10.1 Å². The highest BCUT2D eigenvalue weighted by molar-refractivity contribution is 5.69. The van der Waals surface area contributed by atoms with Crippen molar-refractivity contribution in [2.75, 3.05) is 6.54 Å². The zero-order valence-corrected chi connectivity index (χ0v) is 24.7. The highest BCUT2D eigenvalue weighted by Crippen LogP contribution is 2.43. The molecule has 4 aromatic rings. The van der Waals surface area contributed by atoms with Crippen LogP contribution in [0.2, 0.25) is 0 Å². The molecule has 0 aromatic carbocycles. The predicted molar refractivity (Wildman–Crippen MR) is 155 cm³/mol. The molecule has 0 radical (unpaired) electrons. The van der Waals surface area contributed by atoms with Gasteiger partial charge in [0.1, 0.15) is 34.8 Å². The Hall–Kier alpha value is -4.46. The topological polar surface area (TPSA) is 123 Å². The van der Waals surface area contributed by atoms with E-state index in [1.165, 1.54) is 6.20 Å². The number of ether oxygens (including phenoxy) is 2. The van der Waals surface area contributed by atoms with Crippen LogP contribution in [0.15, 0.2) is 42.7 Å². The van der Waals surface area contributed by atoms with E-state index < -0.39 is 5.60 Å². The summed E-state index contributed by atoms with van der Waals surface area (Å²) in [4.78, 5) is 23.8. The first-order valence-electron chi connectivity index (χ1n) is 14.5. The molecule has 5 heterocycles. The molecule has 6 rings (SSSR count). The fourth-order valence-electron chi connectivity index (χ4n) is 5.87. The summed E-state index contributed by atoms with van der Waals surface area (Å²) in [6.07, 6.45) is 6.53. The van der Waals surface area contributed by atoms with Crippen LogP contribution in [0.4, 0.5) is 4.79 Å². The van der Waals surface area contributed by atoms with Crippen LogP contribution in [0.25, 0.3) is 16.9 Å². The number of aromatic nitrogens is 6. The summed E-state index contributed by atoms with van der Waals surface area (Å²) in [5.41, 5.74) is 3.67. The highest BCUT2D eigenvalue weighted by atomic mass is 16.6. The number of rotatable bonds is 6. The standard InChI is InChI=1S/C31H36N8O3/c1-19-29(35-36-39(19)23-11-13-37(26(16-23)21-9-10-21)30(40)42-31(3,4)5)22-14-27-34-18-24(17-32)38(27)28(15-22)41-20(2)25-8-6-7-12-33-25/h6-8,12,14-15,18,20-21,23,26H,9-11,13,16H2,1-5H3/t20-,23-,26+/m1/s1. The minimum absolute atomic E-state index is 0.121. The van der Waals surface area contributed by atoms with Crippen LogP contribution in [0.1, 0.15) is 82.6 Å². The third-order valence-corrected chi connectivity index (χ3v) is 8.05. The number of pyridine rings is 2. The number of nitriles is 1. The maximum absolute atomic E-state index is 13.0. The molecule has 0 N–H and O–H groups in total. The third-order valence-electron chi connectivity index (χ3n) is 8.05. The maximum Gasteiger partial charge on any atom is 0.410 e. The molecule has 42 heavy (non-hydrogen) atoms. The zero-order chi connectivity index (χ0) is 29.6. The predicted octanol–water partition coefficient (Wildman–Crippen LogP) is 5.66. The van der Waals surface area contributed by atoms with Crippen LogP contribution in [0.3, 0.4) is 0 Å². The minimum Gasteiger partial charge on any atom is -0.469 e. The molecular formula is C31H36N8O3. The van der Waals surface area contributed by atoms with Gasteiger partial charge in [0.25, 0.3) is 0 Å². The lowest BCUT2D eigenvalue weighted by molar-refractivity contribution is 0.00131. The second-order valence-corrected chi connectivity index (χ2v) is 12.3. The average Bonchev–Trinajstić information content (AvgIpc) is 3.62. The normalized spacial score (nSPS) is 19.9. The first-order valence-corrected chi connectivity index (χ1v) is 14.5. The molecule has 0 bridgehead atoms. The van der Waals surface area contributed by atoms with Gasteiger partial charge >= 0.3 is 6.09 Å². The van der Waals surface area contributed by atoms with E-state index in [0.717, 1.165) is 48.3 Å². The number of amides is 1. The molecule has 2 fully saturated rings. The monoisotopic (exact) mass is 568 g/mol. The van der Waals surface area contributed by atoms with Crippen LogP contribution in [0.5, 0.6) is 5.88 Å². The van der Waals surface area contributed by atoms with E-state index in [2.05, 4.69) is 26.3 Å². The lowest BCUT2D eigenvalue weighted by Gasteiger charge is -2.40. The van der Waals surface area contributed by atoms with Crippen molar-refractivity contribution in [1.82, 2.24) is 34.3 Å². The molecule has 4 aromatic heterocycles. The van der Waals surface area contributed by atoms with Crippen molar-refractivity contribution < 1.29 is 14.3 Å². The summed E-state index contributed by atoms with van der Waals surface area (Å²) in [5, 5.41) is 18.9. The molecule has 1 saturated carbocycles. The molecule has 0 spiro atoms. The first-order chi connectivity index (χ1) is 20.1. The Kier molecular flexibility index (Phi) is 7.09. The van der Waals surface area contributed by atoms with Gasteiger partial charge in [-0.05, 0) is 84.4 Å². The van der Waals surface area contributed by atoms with Gasteiger partial charge in [-0.25, -0.2) is 14.5 Å². The number of fused-ring (bicyclic) bond motifs is 1. The van der Waals surface area contributed by atoms with Gasteiger partial charge in [-0.3, -0.25) is 9.38 Å². The second-order valence-electron chi connectivity index (χ2n) is 12.3. The maximum atomic E-state index is 13.0. The third kappa shape index (κ3) is 5.41. The molecule has 0 unspecified atom stereocenters. The summed E-state index contributed by atoms with van der Waals surface area (Å²) in [5.74, 6) is 0.977. The first kappa shape index (κ1) is 27.7. The fourth-order valence-corrected chi connectivity index (χ4v) is 5.87. The molecular weight excluding hydrogens is 532 g/mol. The quantitative estimate of drug-likeness (QED) is 0.292. The van der Waals surface area contributed by atoms with E-state index in [1.54, 1.807) is 10.6 Å². The molecule has 1 saturated heterocycles. The molecule has 3 atom stereocenters. The Labute approximate surface area is 245 Å². The Morgan fingerprint density at radius 2 is 1.98 bits per heavy atom. The van der Waals surface area contributed by atoms with Crippen molar-refractivity contribution in [3.8, 4) is 23.2 Å². The van der Waals surface area contributed by atoms with E-state index >= 15 is 0 Å². The van der Waals surface area contributed by atoms with Gasteiger partial charge in [0, 0.05) is 30.4 Å². The Morgan fingerprint density at radius 1 is 1.17 bits per heavy atom. The molecule has 1 aliphatic heterocycles. The van der Waals surface area contributed by atoms with E-state index in [0.29, 0.717) is 29.7 Å². The van der Waals surface area contributed by atoms with Crippen LogP contribution >= 0.6 is 0 Å². The highest BCUT2D eigenvalue weighted by Gasteiger charge is 2.43. The number of nitrogens with zero attached hydrogens (tertiary/aromatic N) is 8. The molecule has 218 valence electrons. The van der Waals surface area contributed by atoms with E-state index in [4.69, 9.17) is 9.47 Å². The number of hydrogen-bond donors (Lipinski definition) is 0. The van der Waals surface area contributed by atoms with E-state index in [1.807, 2.05) is 74.5 Å². The van der Waals surface area contributed by atoms with Crippen molar-refractivity contribution in [3.63, 3.8) is 0 Å². The summed E-state index contributed by atoms with van der Waals surface area (Å²) >= 11 is 0. The van der Waals surface area contributed by atoms with Crippen molar-refractivity contribution in [2.45, 2.75) is 84.1 Å². The largest absolute Gasteiger partial charge is 0.469 e. The number of carbonyl (C=O) groups is 1. The Bertz CT molecular complexity index is 1640. The van der Waals surface area contributed by atoms with Gasteiger partial charge in [0.2, 0.25) is 5.88 Å². The Morgan fingerprint density at radius 3 is 2.67 bits per heavy atom. The number of likely N-dealkylation sites (tertiary alicyclic amines) is 1. The Balaban J connectivity index is 1.29. The van der Waals surface area contributed by atoms with Gasteiger partial charge in [0.15, 0.2) is 0 Å². The fraction of sp³-hybridized carbons (Fsp3) is 0.484. The SMILES string of the molecule is Cc1c(-c2cc(O[C@H](C)c3ccccn3)n3c(C#N)cnc3c2)nnn1[C@@H]1CCN(C(=O)OC(C)(C)C)[C@H](C2CC2)C1. The zero-order valence-electron chi connectivity index (χ0n) is 24.7. The number of carbonyl (C=O) groups excluding carboxylic acids is 1. The molecule has 1 amide bonds. The van der Waals surface area contributed by atoms with Gasteiger partial charge in [0.05, 0.1) is 23.6 Å². The van der Waals surface area contributed by atoms with Gasteiger partial charge < -0.3 is 14.4 Å². The molecule has 11 nitrogen and oxygen atoms in total. The summed E-state index contributed by atoms with van der Waals surface area (Å²) in [6, 6.07) is 11.9. The average molecular weight is 569 g/mol. The smallest absolute Gasteiger partial charge is 0.410 e. The van der Waals surface area contributed by atoms with Gasteiger partial charge in [-0.1, -0.05) is 11.3 Å². The number of hydrogen-bond acceptors (Lipinski definition) is 8. The minimum atomic E-state index is -0.526. The van der Waals surface area contributed by atoms with Crippen LogP contribution < -0.4 is 4.74 Å². The van der Waals surface area contributed by atoms with Crippen molar-refractivity contribution in [2.24, 2.45) is 5.92 Å². The summed E-state index contributed by atoms with van der Waals surface area (Å²) in [7, 11) is 0. The van der Waals surface area contributed by atoms with Crippen LogP contribution in [-0.2, 0) is 4.74 Å². The van der Waals surface area contributed by atoms with Crippen molar-refractivity contribution in [3.05, 3.63) is 59.8 Å². The molecule has 11 heteroatoms. The van der Waals surface area contributed by atoms with Gasteiger partial charge in [-0.2, -0.15) is 5.26 Å². The van der Waals surface area contributed by atoms with E-state index in [-0.39, 0.29) is 24.3 Å². The summed E-state index contributed by atoms with van der Waals surface area (Å²) < 4.78 is 15.8. The lowest BCUT2D eigenvalue weighted by Crippen LogP contribution is -2.49. The van der Waals surface area contributed by atoms with Crippen molar-refractivity contribution >= 4 is 11.7 Å². The lowest BCUT2D eigenvalue weighted by atomic mass is 9.94. The molecule has 2 aliphatic rings. The number of imidazole rings is 1. The second kappa shape index (κ2) is 10.7. The van der Waals surface area contributed by atoms with Crippen LogP contribution in [-0.4, -0.2) is 58.5 Å². The molecule has 1 aliphatic carbocycles. The van der Waals surface area contributed by atoms with Crippen molar-refractivity contribution in [1.29, 1.82) is 5.26 Å². The van der Waals surface area contributed by atoms with Crippen LogP contribution in [0, 0.1) is 24.2 Å². The summed E-state index contributed by atoms with van der Waals surface area (Å²) in [6.45, 7) is 10.3. The number of piperidine rings is 1. The van der Waals surface area contributed by atoms with Gasteiger partial charge in [-0.15, -0.1) is 5.10 Å².